The molecule has 0 radical (unpaired) electrons. The van der Waals surface area contributed by atoms with Gasteiger partial charge in [0, 0.05) is 17.8 Å². The van der Waals surface area contributed by atoms with Gasteiger partial charge in [-0.25, -0.2) is 0 Å². The summed E-state index contributed by atoms with van der Waals surface area (Å²) >= 11 is 0. The largest absolute Gasteiger partial charge is 0.264 e. The Hall–Kier alpha value is -1.58. The van der Waals surface area contributed by atoms with Gasteiger partial charge in [-0.1, -0.05) is 20.3 Å². The van der Waals surface area contributed by atoms with Crippen molar-refractivity contribution in [2.45, 2.75) is 20.3 Å². The van der Waals surface area contributed by atoms with Gasteiger partial charge in [0.25, 0.3) is 0 Å². The summed E-state index contributed by atoms with van der Waals surface area (Å²) in [5.41, 5.74) is 0.824. The molecule has 0 fully saturated rings. The molecule has 0 saturated carbocycles. The Bertz CT molecular complexity index is 296. The van der Waals surface area contributed by atoms with Crippen molar-refractivity contribution in [3.8, 4) is 0 Å². The molecule has 4 heteroatoms. The van der Waals surface area contributed by atoms with Gasteiger partial charge in [-0.3, -0.25) is 4.98 Å². The van der Waals surface area contributed by atoms with Crippen molar-refractivity contribution in [1.29, 1.82) is 0 Å². The maximum absolute atomic E-state index is 3.91. The van der Waals surface area contributed by atoms with Crippen LogP contribution in [0.25, 0.3) is 10.9 Å². The van der Waals surface area contributed by atoms with Gasteiger partial charge in [-0.05, 0) is 11.3 Å². The lowest BCUT2D eigenvalue weighted by Gasteiger charge is -1.88. The van der Waals surface area contributed by atoms with E-state index < -0.39 is 0 Å². The lowest BCUT2D eigenvalue weighted by molar-refractivity contribution is 0.894. The second-order valence-corrected chi connectivity index (χ2v) is 2.58. The normalized spacial score (nSPS) is 9.08. The predicted octanol–water partition coefficient (Wildman–Crippen LogP) is 1.84. The Morgan fingerprint density at radius 1 is 1.23 bits per heavy atom. The van der Waals surface area contributed by atoms with E-state index in [0.717, 1.165) is 10.9 Å². The first-order valence-corrected chi connectivity index (χ1v) is 4.26. The number of hydrogen-bond acceptors (Lipinski definition) is 4. The Morgan fingerprint density at radius 3 is 2.69 bits per heavy atom. The van der Waals surface area contributed by atoms with Crippen molar-refractivity contribution >= 4 is 10.9 Å². The summed E-state index contributed by atoms with van der Waals surface area (Å²) in [6, 6.07) is 1.80. The fourth-order valence-corrected chi connectivity index (χ4v) is 0.752. The van der Waals surface area contributed by atoms with E-state index in [4.69, 9.17) is 0 Å². The van der Waals surface area contributed by atoms with E-state index in [9.17, 15) is 0 Å². The van der Waals surface area contributed by atoms with E-state index >= 15 is 0 Å². The van der Waals surface area contributed by atoms with Crippen LogP contribution in [0, 0.1) is 0 Å². The second kappa shape index (κ2) is 5.13. The summed E-state index contributed by atoms with van der Waals surface area (Å²) in [7, 11) is 0. The lowest BCUT2D eigenvalue weighted by Crippen LogP contribution is -1.86. The number of rotatable bonds is 0. The van der Waals surface area contributed by atoms with Gasteiger partial charge in [0.05, 0.1) is 11.7 Å². The minimum absolute atomic E-state index is 0.824. The first kappa shape index (κ1) is 9.51. The SMILES string of the molecule is CCC.c1cc2nnncc2cn1. The minimum Gasteiger partial charge on any atom is -0.264 e. The average Bonchev–Trinajstić information content (AvgIpc) is 2.19. The van der Waals surface area contributed by atoms with Crippen LogP contribution in [0.5, 0.6) is 0 Å². The Labute approximate surface area is 77.0 Å². The molecule has 0 unspecified atom stereocenters. The predicted molar refractivity (Wildman–Crippen MR) is 51.1 cm³/mol. The number of hydrogen-bond donors (Lipinski definition) is 0. The monoisotopic (exact) mass is 176 g/mol. The van der Waals surface area contributed by atoms with Crippen LogP contribution in [0.4, 0.5) is 0 Å². The molecule has 2 rings (SSSR count). The molecule has 2 heterocycles. The topological polar surface area (TPSA) is 51.6 Å². The summed E-state index contributed by atoms with van der Waals surface area (Å²) in [5, 5.41) is 11.8. The summed E-state index contributed by atoms with van der Waals surface area (Å²) in [6.07, 6.45) is 6.27. The number of fused-ring (bicyclic) bond motifs is 1. The molecule has 0 aliphatic heterocycles. The molecule has 0 amide bonds. The van der Waals surface area contributed by atoms with Crippen molar-refractivity contribution in [2.24, 2.45) is 0 Å². The molecule has 2 aromatic rings. The average molecular weight is 176 g/mol. The fourth-order valence-electron chi connectivity index (χ4n) is 0.752. The zero-order chi connectivity index (χ0) is 9.52. The first-order valence-electron chi connectivity index (χ1n) is 4.26. The van der Waals surface area contributed by atoms with E-state index in [1.165, 1.54) is 6.42 Å². The van der Waals surface area contributed by atoms with Gasteiger partial charge >= 0.3 is 0 Å². The molecule has 0 bridgehead atoms. The molecule has 0 N–H and O–H groups in total. The third kappa shape index (κ3) is 2.74. The highest BCUT2D eigenvalue weighted by molar-refractivity contribution is 5.75. The highest BCUT2D eigenvalue weighted by atomic mass is 15.3. The lowest BCUT2D eigenvalue weighted by atomic mass is 10.3. The zero-order valence-corrected chi connectivity index (χ0v) is 7.81. The van der Waals surface area contributed by atoms with Gasteiger partial charge in [-0.2, -0.15) is 0 Å². The Kier molecular flexibility index (Phi) is 3.75. The zero-order valence-electron chi connectivity index (χ0n) is 7.81. The Balaban J connectivity index is 0.000000251. The molecule has 13 heavy (non-hydrogen) atoms. The number of aromatic nitrogens is 4. The van der Waals surface area contributed by atoms with Crippen molar-refractivity contribution in [3.63, 3.8) is 0 Å². The number of nitrogens with zero attached hydrogens (tertiary/aromatic N) is 4. The summed E-state index contributed by atoms with van der Waals surface area (Å²) in [5.74, 6) is 0. The molecule has 0 aromatic carbocycles. The maximum Gasteiger partial charge on any atom is 0.0994 e. The molecular weight excluding hydrogens is 164 g/mol. The van der Waals surface area contributed by atoms with Crippen LogP contribution in [-0.4, -0.2) is 20.4 Å². The van der Waals surface area contributed by atoms with Gasteiger partial charge in [0.1, 0.15) is 0 Å². The van der Waals surface area contributed by atoms with Gasteiger partial charge in [-0.15, -0.1) is 10.2 Å². The van der Waals surface area contributed by atoms with Crippen LogP contribution >= 0.6 is 0 Å². The first-order chi connectivity index (χ1) is 6.38. The second-order valence-electron chi connectivity index (χ2n) is 2.58. The molecule has 0 aliphatic rings. The van der Waals surface area contributed by atoms with Gasteiger partial charge in [0.2, 0.25) is 0 Å². The third-order valence-corrected chi connectivity index (χ3v) is 1.23. The van der Waals surface area contributed by atoms with E-state index in [-0.39, 0.29) is 0 Å². The highest BCUT2D eigenvalue weighted by Gasteiger charge is 1.90. The molecular formula is C9H12N4. The molecule has 68 valence electrons. The van der Waals surface area contributed by atoms with Crippen molar-refractivity contribution in [2.75, 3.05) is 0 Å². The van der Waals surface area contributed by atoms with E-state index in [2.05, 4.69) is 34.2 Å². The fraction of sp³-hybridized carbons (Fsp3) is 0.333. The van der Waals surface area contributed by atoms with Crippen LogP contribution in [-0.2, 0) is 0 Å². The van der Waals surface area contributed by atoms with E-state index in [0.29, 0.717) is 0 Å². The maximum atomic E-state index is 3.91. The molecule has 4 nitrogen and oxygen atoms in total. The van der Waals surface area contributed by atoms with E-state index in [1.807, 2.05) is 0 Å². The Morgan fingerprint density at radius 2 is 2.00 bits per heavy atom. The molecule has 0 saturated heterocycles. The standard InChI is InChI=1S/C6H4N4.C3H8/c1-2-7-3-5-4-8-10-9-6(1)5;1-3-2/h1-4H;3H2,1-2H3. The van der Waals surface area contributed by atoms with Crippen LogP contribution in [0.2, 0.25) is 0 Å². The molecule has 0 atom stereocenters. The van der Waals surface area contributed by atoms with Crippen molar-refractivity contribution < 1.29 is 0 Å². The van der Waals surface area contributed by atoms with Gasteiger partial charge < -0.3 is 0 Å². The van der Waals surface area contributed by atoms with E-state index in [1.54, 1.807) is 24.7 Å². The summed E-state index contributed by atoms with van der Waals surface area (Å²) in [6.45, 7) is 4.25. The summed E-state index contributed by atoms with van der Waals surface area (Å²) < 4.78 is 0. The quantitative estimate of drug-likeness (QED) is 0.614. The smallest absolute Gasteiger partial charge is 0.0994 e. The van der Waals surface area contributed by atoms with Gasteiger partial charge in [0.15, 0.2) is 0 Å². The number of pyridine rings is 1. The third-order valence-electron chi connectivity index (χ3n) is 1.23. The van der Waals surface area contributed by atoms with Crippen LogP contribution in [0.1, 0.15) is 20.3 Å². The highest BCUT2D eigenvalue weighted by Crippen LogP contribution is 2.03. The molecule has 0 aliphatic carbocycles. The van der Waals surface area contributed by atoms with Crippen LogP contribution in [0.15, 0.2) is 24.7 Å². The van der Waals surface area contributed by atoms with Crippen molar-refractivity contribution in [1.82, 2.24) is 20.4 Å². The van der Waals surface area contributed by atoms with Crippen LogP contribution < -0.4 is 0 Å². The molecule has 2 aromatic heterocycles. The summed E-state index contributed by atoms with van der Waals surface area (Å²) in [4.78, 5) is 3.91. The van der Waals surface area contributed by atoms with Crippen molar-refractivity contribution in [3.05, 3.63) is 24.7 Å². The van der Waals surface area contributed by atoms with Crippen LogP contribution in [0.3, 0.4) is 0 Å². The minimum atomic E-state index is 0.824. The molecule has 0 spiro atoms.